The summed E-state index contributed by atoms with van der Waals surface area (Å²) in [6.45, 7) is 0.780. The highest BCUT2D eigenvalue weighted by Crippen LogP contribution is 2.55. The van der Waals surface area contributed by atoms with E-state index in [1.165, 1.54) is 0 Å². The number of halogens is 2. The molecular formula is C12H17Cl2NO2. The van der Waals surface area contributed by atoms with E-state index in [9.17, 15) is 0 Å². The van der Waals surface area contributed by atoms with Gasteiger partial charge in [0.1, 0.15) is 0 Å². The highest BCUT2D eigenvalue weighted by atomic mass is 35.5. The average Bonchev–Trinajstić information content (AvgIpc) is 2.83. The Balaban J connectivity index is 1.60. The van der Waals surface area contributed by atoms with Gasteiger partial charge in [-0.15, -0.1) is 11.6 Å². The number of rotatable bonds is 3. The first-order chi connectivity index (χ1) is 8.19. The molecule has 1 saturated carbocycles. The molecule has 1 heterocycles. The van der Waals surface area contributed by atoms with Crippen LogP contribution in [0.4, 0.5) is 0 Å². The molecule has 3 atom stereocenters. The molecule has 3 aliphatic rings. The summed E-state index contributed by atoms with van der Waals surface area (Å²) in [5, 5.41) is 0.742. The second-order valence-corrected chi connectivity index (χ2v) is 6.25. The molecule has 2 aliphatic carbocycles. The van der Waals surface area contributed by atoms with Gasteiger partial charge in [-0.05, 0) is 32.1 Å². The van der Waals surface area contributed by atoms with Gasteiger partial charge in [0.15, 0.2) is 6.29 Å². The van der Waals surface area contributed by atoms with Crippen LogP contribution in [-0.2, 0) is 9.57 Å². The Kier molecular flexibility index (Phi) is 3.28. The maximum Gasteiger partial charge on any atom is 0.183 e. The molecule has 96 valence electrons. The molecule has 0 aromatic carbocycles. The van der Waals surface area contributed by atoms with Crippen LogP contribution < -0.4 is 5.48 Å². The largest absolute Gasteiger partial charge is 0.350 e. The summed E-state index contributed by atoms with van der Waals surface area (Å²) in [5.74, 6) is 0.434. The Bertz CT molecular complexity index is 341. The van der Waals surface area contributed by atoms with Crippen molar-refractivity contribution in [3.05, 3.63) is 10.7 Å². The number of fused-ring (bicyclic) bond motifs is 2. The molecule has 1 aliphatic heterocycles. The molecule has 0 aromatic rings. The van der Waals surface area contributed by atoms with Crippen molar-refractivity contribution in [1.82, 2.24) is 5.48 Å². The molecule has 1 saturated heterocycles. The standard InChI is InChI=1S/C12H17Cl2NO2/c13-11-10(8-4-5-12(11,14)7-8)15-17-9-3-1-2-6-16-9/h8-9,15H,1-7H2. The topological polar surface area (TPSA) is 30.5 Å². The highest BCUT2D eigenvalue weighted by Gasteiger charge is 2.49. The van der Waals surface area contributed by atoms with Gasteiger partial charge < -0.3 is 4.74 Å². The number of hydrogen-bond donors (Lipinski definition) is 1. The van der Waals surface area contributed by atoms with Crippen molar-refractivity contribution in [3.8, 4) is 0 Å². The molecule has 2 bridgehead atoms. The SMILES string of the molecule is ClC1=C(NOC2CCCCO2)C2CCC1(Cl)C2. The number of ether oxygens (including phenoxy) is 1. The van der Waals surface area contributed by atoms with Crippen LogP contribution in [0.3, 0.4) is 0 Å². The van der Waals surface area contributed by atoms with Crippen LogP contribution >= 0.6 is 23.2 Å². The normalized spacial score (nSPS) is 41.1. The summed E-state index contributed by atoms with van der Waals surface area (Å²) in [5.41, 5.74) is 3.97. The second-order valence-electron chi connectivity index (χ2n) is 5.15. The summed E-state index contributed by atoms with van der Waals surface area (Å²) < 4.78 is 5.49. The molecule has 1 N–H and O–H groups in total. The van der Waals surface area contributed by atoms with Crippen molar-refractivity contribution >= 4 is 23.2 Å². The van der Waals surface area contributed by atoms with E-state index in [1.807, 2.05) is 0 Å². The van der Waals surface area contributed by atoms with Gasteiger partial charge >= 0.3 is 0 Å². The van der Waals surface area contributed by atoms with E-state index < -0.39 is 0 Å². The number of alkyl halides is 1. The third-order valence-electron chi connectivity index (χ3n) is 3.94. The van der Waals surface area contributed by atoms with Crippen molar-refractivity contribution in [2.24, 2.45) is 5.92 Å². The van der Waals surface area contributed by atoms with Crippen molar-refractivity contribution < 1.29 is 9.57 Å². The quantitative estimate of drug-likeness (QED) is 0.635. The zero-order valence-electron chi connectivity index (χ0n) is 9.68. The number of hydroxylamine groups is 1. The summed E-state index contributed by atoms with van der Waals surface area (Å²) in [6, 6.07) is 0. The van der Waals surface area contributed by atoms with Crippen LogP contribution in [0.25, 0.3) is 0 Å². The van der Waals surface area contributed by atoms with Crippen LogP contribution in [0.1, 0.15) is 38.5 Å². The molecule has 2 fully saturated rings. The second kappa shape index (κ2) is 4.61. The number of nitrogens with one attached hydrogen (secondary N) is 1. The van der Waals surface area contributed by atoms with E-state index in [0.717, 1.165) is 55.9 Å². The summed E-state index contributed by atoms with van der Waals surface area (Å²) in [6.07, 6.45) is 6.07. The molecule has 3 rings (SSSR count). The molecule has 0 spiro atoms. The van der Waals surface area contributed by atoms with Gasteiger partial charge in [0.05, 0.1) is 15.6 Å². The summed E-state index contributed by atoms with van der Waals surface area (Å²) in [7, 11) is 0. The van der Waals surface area contributed by atoms with Gasteiger partial charge in [-0.25, -0.2) is 4.84 Å². The lowest BCUT2D eigenvalue weighted by atomic mass is 10.0. The molecular weight excluding hydrogens is 261 g/mol. The molecule has 0 amide bonds. The molecule has 0 aromatic heterocycles. The summed E-state index contributed by atoms with van der Waals surface area (Å²) in [4.78, 5) is 5.23. The Morgan fingerprint density at radius 2 is 2.24 bits per heavy atom. The van der Waals surface area contributed by atoms with Crippen LogP contribution in [-0.4, -0.2) is 17.8 Å². The minimum Gasteiger partial charge on any atom is -0.350 e. The first kappa shape index (κ1) is 12.1. The fourth-order valence-corrected chi connectivity index (χ4v) is 3.69. The lowest BCUT2D eigenvalue weighted by Gasteiger charge is -2.26. The van der Waals surface area contributed by atoms with Gasteiger partial charge in [-0.2, -0.15) is 0 Å². The predicted octanol–water partition coefficient (Wildman–Crippen LogP) is 3.28. The van der Waals surface area contributed by atoms with E-state index in [1.54, 1.807) is 0 Å². The molecule has 17 heavy (non-hydrogen) atoms. The van der Waals surface area contributed by atoms with Gasteiger partial charge in [-0.1, -0.05) is 11.6 Å². The predicted molar refractivity (Wildman–Crippen MR) is 66.6 cm³/mol. The molecule has 0 radical (unpaired) electrons. The Labute approximate surface area is 111 Å². The van der Waals surface area contributed by atoms with E-state index in [4.69, 9.17) is 32.8 Å². The maximum atomic E-state index is 6.45. The fraction of sp³-hybridized carbons (Fsp3) is 0.833. The zero-order valence-corrected chi connectivity index (χ0v) is 11.2. The minimum absolute atomic E-state index is 0.147. The van der Waals surface area contributed by atoms with Crippen molar-refractivity contribution in [2.75, 3.05) is 6.61 Å². The van der Waals surface area contributed by atoms with Gasteiger partial charge in [0, 0.05) is 18.9 Å². The van der Waals surface area contributed by atoms with Crippen molar-refractivity contribution in [2.45, 2.75) is 49.7 Å². The number of hydrogen-bond acceptors (Lipinski definition) is 3. The first-order valence-corrected chi connectivity index (χ1v) is 7.07. The minimum atomic E-state index is -0.328. The Morgan fingerprint density at radius 1 is 1.35 bits per heavy atom. The van der Waals surface area contributed by atoms with Crippen LogP contribution in [0, 0.1) is 5.92 Å². The van der Waals surface area contributed by atoms with Gasteiger partial charge in [-0.3, -0.25) is 5.48 Å². The fourth-order valence-electron chi connectivity index (χ4n) is 2.93. The summed E-state index contributed by atoms with van der Waals surface area (Å²) >= 11 is 12.7. The third-order valence-corrected chi connectivity index (χ3v) is 5.13. The van der Waals surface area contributed by atoms with Crippen LogP contribution in [0.5, 0.6) is 0 Å². The van der Waals surface area contributed by atoms with Crippen LogP contribution in [0.2, 0.25) is 0 Å². The third kappa shape index (κ3) is 2.19. The lowest BCUT2D eigenvalue weighted by Crippen LogP contribution is -2.31. The smallest absolute Gasteiger partial charge is 0.183 e. The van der Waals surface area contributed by atoms with Crippen molar-refractivity contribution in [1.29, 1.82) is 0 Å². The van der Waals surface area contributed by atoms with Crippen LogP contribution in [0.15, 0.2) is 10.7 Å². The van der Waals surface area contributed by atoms with Gasteiger partial charge in [0.25, 0.3) is 0 Å². The molecule has 3 nitrogen and oxygen atoms in total. The molecule has 3 unspecified atom stereocenters. The van der Waals surface area contributed by atoms with E-state index in [-0.39, 0.29) is 11.2 Å². The van der Waals surface area contributed by atoms with E-state index >= 15 is 0 Å². The lowest BCUT2D eigenvalue weighted by molar-refractivity contribution is -0.191. The number of allylic oxidation sites excluding steroid dienone is 2. The zero-order chi connectivity index (χ0) is 11.9. The maximum absolute atomic E-state index is 6.45. The van der Waals surface area contributed by atoms with E-state index in [0.29, 0.717) is 5.92 Å². The van der Waals surface area contributed by atoms with Crippen molar-refractivity contribution in [3.63, 3.8) is 0 Å². The van der Waals surface area contributed by atoms with E-state index in [2.05, 4.69) is 5.48 Å². The Morgan fingerprint density at radius 3 is 2.88 bits per heavy atom. The van der Waals surface area contributed by atoms with Gasteiger partial charge in [0.2, 0.25) is 0 Å². The monoisotopic (exact) mass is 277 g/mol. The Hall–Kier alpha value is 0.0400. The molecule has 5 heteroatoms. The first-order valence-electron chi connectivity index (χ1n) is 6.31. The average molecular weight is 278 g/mol. The highest BCUT2D eigenvalue weighted by molar-refractivity contribution is 6.40.